The first-order valence-electron chi connectivity index (χ1n) is 5.68. The number of amides is 1. The summed E-state index contributed by atoms with van der Waals surface area (Å²) in [5, 5.41) is 9.68. The molecular formula is C13H17NO3. The Morgan fingerprint density at radius 1 is 1.35 bits per heavy atom. The van der Waals surface area contributed by atoms with E-state index >= 15 is 0 Å². The Balaban J connectivity index is 2.09. The molecule has 2 rings (SSSR count). The summed E-state index contributed by atoms with van der Waals surface area (Å²) in [5.41, 5.74) is 1.78. The number of aliphatic hydroxyl groups is 1. The van der Waals surface area contributed by atoms with E-state index in [4.69, 9.17) is 4.74 Å². The van der Waals surface area contributed by atoms with E-state index in [2.05, 4.69) is 0 Å². The lowest BCUT2D eigenvalue weighted by Crippen LogP contribution is -2.29. The van der Waals surface area contributed by atoms with E-state index in [9.17, 15) is 9.90 Å². The van der Waals surface area contributed by atoms with E-state index in [-0.39, 0.29) is 12.0 Å². The summed E-state index contributed by atoms with van der Waals surface area (Å²) in [7, 11) is 1.55. The molecule has 1 amide bonds. The van der Waals surface area contributed by atoms with E-state index in [1.165, 1.54) is 0 Å². The molecule has 1 fully saturated rings. The second-order valence-electron chi connectivity index (χ2n) is 4.42. The van der Waals surface area contributed by atoms with Gasteiger partial charge in [-0.2, -0.15) is 0 Å². The normalized spacial score (nSPS) is 24.1. The summed E-state index contributed by atoms with van der Waals surface area (Å²) in [4.78, 5) is 13.8. The van der Waals surface area contributed by atoms with E-state index < -0.39 is 6.10 Å². The summed E-state index contributed by atoms with van der Waals surface area (Å²) in [5.74, 6) is -0.0522. The van der Waals surface area contributed by atoms with Crippen LogP contribution in [0.1, 0.15) is 15.9 Å². The highest BCUT2D eigenvalue weighted by Gasteiger charge is 2.34. The number of rotatable bonds is 2. The number of hydrogen-bond acceptors (Lipinski definition) is 3. The third kappa shape index (κ3) is 2.48. The molecular weight excluding hydrogens is 218 g/mol. The number of carbonyl (C=O) groups excluding carboxylic acids is 1. The van der Waals surface area contributed by atoms with Crippen molar-refractivity contribution in [2.45, 2.75) is 19.1 Å². The first kappa shape index (κ1) is 12.1. The smallest absolute Gasteiger partial charge is 0.254 e. The molecule has 1 aliphatic heterocycles. The van der Waals surface area contributed by atoms with Gasteiger partial charge in [0.1, 0.15) is 6.10 Å². The quantitative estimate of drug-likeness (QED) is 0.826. The molecule has 0 spiro atoms. The zero-order chi connectivity index (χ0) is 12.4. The van der Waals surface area contributed by atoms with Crippen LogP contribution in [-0.4, -0.2) is 48.3 Å². The van der Waals surface area contributed by atoms with E-state index in [1.807, 2.05) is 31.2 Å². The van der Waals surface area contributed by atoms with Crippen molar-refractivity contribution >= 4 is 5.91 Å². The molecule has 1 heterocycles. The topological polar surface area (TPSA) is 49.8 Å². The maximum atomic E-state index is 12.1. The van der Waals surface area contributed by atoms with Gasteiger partial charge >= 0.3 is 0 Å². The molecule has 0 saturated carbocycles. The van der Waals surface area contributed by atoms with Crippen LogP contribution in [0.4, 0.5) is 0 Å². The molecule has 2 unspecified atom stereocenters. The van der Waals surface area contributed by atoms with Crippen molar-refractivity contribution < 1.29 is 14.6 Å². The number of likely N-dealkylation sites (tertiary alicyclic amines) is 1. The SMILES string of the molecule is COC1CN(C(=O)c2ccc(C)cc2)CC1O. The molecule has 0 bridgehead atoms. The van der Waals surface area contributed by atoms with Crippen molar-refractivity contribution in [3.8, 4) is 0 Å². The average Bonchev–Trinajstić information content (AvgIpc) is 2.70. The van der Waals surface area contributed by atoms with Gasteiger partial charge in [0, 0.05) is 25.8 Å². The van der Waals surface area contributed by atoms with Gasteiger partial charge in [-0.05, 0) is 19.1 Å². The zero-order valence-electron chi connectivity index (χ0n) is 10.1. The van der Waals surface area contributed by atoms with Gasteiger partial charge in [-0.15, -0.1) is 0 Å². The fourth-order valence-corrected chi connectivity index (χ4v) is 2.03. The van der Waals surface area contributed by atoms with Crippen LogP contribution in [0.25, 0.3) is 0 Å². The minimum Gasteiger partial charge on any atom is -0.388 e. The van der Waals surface area contributed by atoms with Crippen molar-refractivity contribution in [2.75, 3.05) is 20.2 Å². The number of nitrogens with zero attached hydrogens (tertiary/aromatic N) is 1. The van der Waals surface area contributed by atoms with Crippen molar-refractivity contribution in [1.29, 1.82) is 0 Å². The summed E-state index contributed by atoms with van der Waals surface area (Å²) in [6.45, 7) is 2.77. The highest BCUT2D eigenvalue weighted by molar-refractivity contribution is 5.94. The first-order chi connectivity index (χ1) is 8.11. The van der Waals surface area contributed by atoms with E-state index in [1.54, 1.807) is 12.0 Å². The van der Waals surface area contributed by atoms with Crippen molar-refractivity contribution in [3.63, 3.8) is 0 Å². The number of β-amino-alcohol motifs (C(OH)–C–C–N with tert-alkyl or cyclic N) is 1. The van der Waals surface area contributed by atoms with Crippen LogP contribution in [0.5, 0.6) is 0 Å². The maximum Gasteiger partial charge on any atom is 0.254 e. The minimum atomic E-state index is -0.589. The predicted molar refractivity (Wildman–Crippen MR) is 63.9 cm³/mol. The fourth-order valence-electron chi connectivity index (χ4n) is 2.03. The predicted octanol–water partition coefficient (Wildman–Crippen LogP) is 0.827. The molecule has 2 atom stereocenters. The van der Waals surface area contributed by atoms with Crippen LogP contribution in [0, 0.1) is 6.92 Å². The first-order valence-corrected chi connectivity index (χ1v) is 5.68. The summed E-state index contributed by atoms with van der Waals surface area (Å²) < 4.78 is 5.11. The molecule has 1 aromatic carbocycles. The van der Waals surface area contributed by atoms with Crippen LogP contribution < -0.4 is 0 Å². The molecule has 1 N–H and O–H groups in total. The summed E-state index contributed by atoms with van der Waals surface area (Å²) in [6.07, 6.45) is -0.862. The van der Waals surface area contributed by atoms with Gasteiger partial charge in [0.15, 0.2) is 0 Å². The van der Waals surface area contributed by atoms with Crippen molar-refractivity contribution in [3.05, 3.63) is 35.4 Å². The van der Waals surface area contributed by atoms with Gasteiger partial charge in [-0.25, -0.2) is 0 Å². The third-order valence-electron chi connectivity index (χ3n) is 3.13. The Kier molecular flexibility index (Phi) is 3.45. The lowest BCUT2D eigenvalue weighted by molar-refractivity contribution is 0.0215. The maximum absolute atomic E-state index is 12.1. The third-order valence-corrected chi connectivity index (χ3v) is 3.13. The Morgan fingerprint density at radius 2 is 2.00 bits per heavy atom. The second kappa shape index (κ2) is 4.85. The Morgan fingerprint density at radius 3 is 2.53 bits per heavy atom. The summed E-state index contributed by atoms with van der Waals surface area (Å²) >= 11 is 0. The fraction of sp³-hybridized carbons (Fsp3) is 0.462. The van der Waals surface area contributed by atoms with Gasteiger partial charge in [0.05, 0.1) is 6.10 Å². The summed E-state index contributed by atoms with van der Waals surface area (Å²) in [6, 6.07) is 7.44. The van der Waals surface area contributed by atoms with Crippen molar-refractivity contribution in [2.24, 2.45) is 0 Å². The number of methoxy groups -OCH3 is 1. The van der Waals surface area contributed by atoms with Gasteiger partial charge < -0.3 is 14.7 Å². The lowest BCUT2D eigenvalue weighted by atomic mass is 10.1. The largest absolute Gasteiger partial charge is 0.388 e. The van der Waals surface area contributed by atoms with Crippen LogP contribution in [0.15, 0.2) is 24.3 Å². The Hall–Kier alpha value is -1.39. The standard InChI is InChI=1S/C13H17NO3/c1-9-3-5-10(6-4-9)13(16)14-7-11(15)12(8-14)17-2/h3-6,11-12,15H,7-8H2,1-2H3. The van der Waals surface area contributed by atoms with E-state index in [0.29, 0.717) is 18.7 Å². The van der Waals surface area contributed by atoms with Gasteiger partial charge in [0.25, 0.3) is 5.91 Å². The molecule has 1 aliphatic rings. The van der Waals surface area contributed by atoms with Gasteiger partial charge in [0.2, 0.25) is 0 Å². The molecule has 4 nitrogen and oxygen atoms in total. The Bertz CT molecular complexity index is 402. The molecule has 0 aromatic heterocycles. The molecule has 4 heteroatoms. The minimum absolute atomic E-state index is 0.0522. The molecule has 1 saturated heterocycles. The average molecular weight is 235 g/mol. The number of aryl methyl sites for hydroxylation is 1. The van der Waals surface area contributed by atoms with Crippen LogP contribution >= 0.6 is 0 Å². The molecule has 92 valence electrons. The molecule has 1 aromatic rings. The molecule has 17 heavy (non-hydrogen) atoms. The van der Waals surface area contributed by atoms with Gasteiger partial charge in [-0.1, -0.05) is 17.7 Å². The van der Waals surface area contributed by atoms with E-state index in [0.717, 1.165) is 5.56 Å². The monoisotopic (exact) mass is 235 g/mol. The number of hydrogen-bond donors (Lipinski definition) is 1. The second-order valence-corrected chi connectivity index (χ2v) is 4.42. The van der Waals surface area contributed by atoms with Crippen LogP contribution in [0.2, 0.25) is 0 Å². The van der Waals surface area contributed by atoms with Crippen LogP contribution in [-0.2, 0) is 4.74 Å². The molecule has 0 aliphatic carbocycles. The number of benzene rings is 1. The number of ether oxygens (including phenoxy) is 1. The molecule has 0 radical (unpaired) electrons. The zero-order valence-corrected chi connectivity index (χ0v) is 10.1. The van der Waals surface area contributed by atoms with Gasteiger partial charge in [-0.3, -0.25) is 4.79 Å². The van der Waals surface area contributed by atoms with Crippen LogP contribution in [0.3, 0.4) is 0 Å². The highest BCUT2D eigenvalue weighted by Crippen LogP contribution is 2.16. The van der Waals surface area contributed by atoms with Crippen molar-refractivity contribution in [1.82, 2.24) is 4.90 Å². The number of carbonyl (C=O) groups is 1. The lowest BCUT2D eigenvalue weighted by Gasteiger charge is -2.15. The Labute approximate surface area is 101 Å². The number of aliphatic hydroxyl groups excluding tert-OH is 1. The highest BCUT2D eigenvalue weighted by atomic mass is 16.5.